The lowest BCUT2D eigenvalue weighted by Gasteiger charge is -2.16. The molecule has 158 valence electrons. The second-order valence-electron chi connectivity index (χ2n) is 7.27. The lowest BCUT2D eigenvalue weighted by Crippen LogP contribution is -2.29. The molecule has 2 N–H and O–H groups in total. The van der Waals surface area contributed by atoms with Crippen molar-refractivity contribution in [1.29, 1.82) is 0 Å². The van der Waals surface area contributed by atoms with E-state index < -0.39 is 23.5 Å². The van der Waals surface area contributed by atoms with E-state index in [0.29, 0.717) is 24.8 Å². The van der Waals surface area contributed by atoms with E-state index in [-0.39, 0.29) is 29.5 Å². The van der Waals surface area contributed by atoms with E-state index in [4.69, 9.17) is 0 Å². The summed E-state index contributed by atoms with van der Waals surface area (Å²) in [5, 5.41) is 5.19. The number of anilines is 2. The molecule has 0 aromatic heterocycles. The highest BCUT2D eigenvalue weighted by atomic mass is 19.1. The van der Waals surface area contributed by atoms with Crippen molar-refractivity contribution in [1.82, 2.24) is 4.90 Å². The second kappa shape index (κ2) is 9.47. The van der Waals surface area contributed by atoms with E-state index in [1.54, 1.807) is 17.0 Å². The summed E-state index contributed by atoms with van der Waals surface area (Å²) in [5.74, 6) is -2.77. The summed E-state index contributed by atoms with van der Waals surface area (Å²) >= 11 is 0. The quantitative estimate of drug-likeness (QED) is 0.722. The van der Waals surface area contributed by atoms with Crippen LogP contribution in [0.5, 0.6) is 0 Å². The summed E-state index contributed by atoms with van der Waals surface area (Å²) in [7, 11) is 0. The van der Waals surface area contributed by atoms with Gasteiger partial charge in [0.1, 0.15) is 11.6 Å². The topological polar surface area (TPSA) is 78.5 Å². The standard InChI is InChI=1S/C22H23F2N3O3/c1-2-3-8-27-13-15(9-20(27)28)22(30)25-18-6-4-14(5-7-18)21(29)26-19-11-16(23)10-17(24)12-19/h4-7,10-12,15H,2-3,8-9,13H2,1H3,(H,25,30)(H,26,29)/t15-/m1/s1. The van der Waals surface area contributed by atoms with Crippen molar-refractivity contribution in [3.63, 3.8) is 0 Å². The third-order valence-electron chi connectivity index (χ3n) is 4.90. The Morgan fingerprint density at radius 1 is 1.03 bits per heavy atom. The fourth-order valence-corrected chi connectivity index (χ4v) is 3.29. The molecule has 2 aromatic carbocycles. The SMILES string of the molecule is CCCCN1C[C@H](C(=O)Nc2ccc(C(=O)Nc3cc(F)cc(F)c3)cc2)CC1=O. The van der Waals surface area contributed by atoms with Gasteiger partial charge in [-0.25, -0.2) is 8.78 Å². The lowest BCUT2D eigenvalue weighted by atomic mass is 10.1. The number of hydrogen-bond acceptors (Lipinski definition) is 3. The maximum Gasteiger partial charge on any atom is 0.255 e. The van der Waals surface area contributed by atoms with Crippen molar-refractivity contribution in [2.45, 2.75) is 26.2 Å². The highest BCUT2D eigenvalue weighted by Gasteiger charge is 2.33. The van der Waals surface area contributed by atoms with Gasteiger partial charge in [-0.2, -0.15) is 0 Å². The normalized spacial score (nSPS) is 15.9. The highest BCUT2D eigenvalue weighted by Crippen LogP contribution is 2.21. The van der Waals surface area contributed by atoms with E-state index >= 15 is 0 Å². The van der Waals surface area contributed by atoms with Crippen LogP contribution in [0.2, 0.25) is 0 Å². The first-order chi connectivity index (χ1) is 14.4. The minimum Gasteiger partial charge on any atom is -0.342 e. The number of halogens is 2. The van der Waals surface area contributed by atoms with Crippen molar-refractivity contribution >= 4 is 29.1 Å². The zero-order chi connectivity index (χ0) is 21.7. The summed E-state index contributed by atoms with van der Waals surface area (Å²) < 4.78 is 26.5. The molecule has 0 radical (unpaired) electrons. The van der Waals surface area contributed by atoms with Crippen LogP contribution in [-0.4, -0.2) is 35.7 Å². The molecule has 0 spiro atoms. The summed E-state index contributed by atoms with van der Waals surface area (Å²) in [6, 6.07) is 8.86. The number of benzene rings is 2. The molecule has 0 saturated carbocycles. The van der Waals surface area contributed by atoms with E-state index in [1.807, 2.05) is 6.92 Å². The van der Waals surface area contributed by atoms with Gasteiger partial charge in [0, 0.05) is 42.5 Å². The maximum atomic E-state index is 13.2. The van der Waals surface area contributed by atoms with Crippen LogP contribution in [0.1, 0.15) is 36.5 Å². The van der Waals surface area contributed by atoms with Crippen molar-refractivity contribution < 1.29 is 23.2 Å². The highest BCUT2D eigenvalue weighted by molar-refractivity contribution is 6.04. The van der Waals surface area contributed by atoms with Crippen molar-refractivity contribution in [2.75, 3.05) is 23.7 Å². The van der Waals surface area contributed by atoms with Crippen LogP contribution in [0.25, 0.3) is 0 Å². The summed E-state index contributed by atoms with van der Waals surface area (Å²) in [6.07, 6.45) is 2.08. The van der Waals surface area contributed by atoms with Gasteiger partial charge in [-0.3, -0.25) is 14.4 Å². The van der Waals surface area contributed by atoms with Crippen LogP contribution in [0, 0.1) is 17.6 Å². The second-order valence-corrected chi connectivity index (χ2v) is 7.27. The summed E-state index contributed by atoms with van der Waals surface area (Å²) in [4.78, 5) is 38.4. The Hall–Kier alpha value is -3.29. The maximum absolute atomic E-state index is 13.2. The van der Waals surface area contributed by atoms with Crippen LogP contribution in [-0.2, 0) is 9.59 Å². The number of carbonyl (C=O) groups excluding carboxylic acids is 3. The zero-order valence-electron chi connectivity index (χ0n) is 16.6. The van der Waals surface area contributed by atoms with Crippen molar-refractivity contribution in [3.05, 3.63) is 59.7 Å². The predicted molar refractivity (Wildman–Crippen MR) is 109 cm³/mol. The summed E-state index contributed by atoms with van der Waals surface area (Å²) in [6.45, 7) is 3.12. The molecule has 0 aliphatic carbocycles. The molecular formula is C22H23F2N3O3. The average Bonchev–Trinajstić information content (AvgIpc) is 3.07. The Kier molecular flexibility index (Phi) is 6.76. The molecule has 8 heteroatoms. The van der Waals surface area contributed by atoms with Gasteiger partial charge < -0.3 is 15.5 Å². The molecule has 0 unspecified atom stereocenters. The Morgan fingerprint density at radius 2 is 1.70 bits per heavy atom. The van der Waals surface area contributed by atoms with Gasteiger partial charge in [0.25, 0.3) is 5.91 Å². The van der Waals surface area contributed by atoms with Crippen LogP contribution in [0.15, 0.2) is 42.5 Å². The summed E-state index contributed by atoms with van der Waals surface area (Å²) in [5.41, 5.74) is 0.765. The van der Waals surface area contributed by atoms with Crippen molar-refractivity contribution in [2.24, 2.45) is 5.92 Å². The number of nitrogens with zero attached hydrogens (tertiary/aromatic N) is 1. The Bertz CT molecular complexity index is 927. The van der Waals surface area contributed by atoms with Gasteiger partial charge in [0.15, 0.2) is 0 Å². The average molecular weight is 415 g/mol. The van der Waals surface area contributed by atoms with Crippen LogP contribution >= 0.6 is 0 Å². The van der Waals surface area contributed by atoms with E-state index in [2.05, 4.69) is 10.6 Å². The monoisotopic (exact) mass is 415 g/mol. The Labute approximate surface area is 173 Å². The molecule has 30 heavy (non-hydrogen) atoms. The molecular weight excluding hydrogens is 392 g/mol. The number of hydrogen-bond donors (Lipinski definition) is 2. The van der Waals surface area contributed by atoms with Gasteiger partial charge in [-0.15, -0.1) is 0 Å². The van der Waals surface area contributed by atoms with Gasteiger partial charge in [-0.1, -0.05) is 13.3 Å². The molecule has 1 atom stereocenters. The number of rotatable bonds is 7. The first-order valence-corrected chi connectivity index (χ1v) is 9.82. The minimum absolute atomic E-state index is 0.00778. The molecule has 1 aliphatic heterocycles. The van der Waals surface area contributed by atoms with E-state index in [1.165, 1.54) is 12.1 Å². The third-order valence-corrected chi connectivity index (χ3v) is 4.90. The van der Waals surface area contributed by atoms with Gasteiger partial charge in [0.2, 0.25) is 11.8 Å². The van der Waals surface area contributed by atoms with Gasteiger partial charge in [-0.05, 0) is 42.8 Å². The number of likely N-dealkylation sites (tertiary alicyclic amines) is 1. The number of unbranched alkanes of at least 4 members (excludes halogenated alkanes) is 1. The molecule has 1 aliphatic rings. The largest absolute Gasteiger partial charge is 0.342 e. The third kappa shape index (κ3) is 5.40. The zero-order valence-corrected chi connectivity index (χ0v) is 16.6. The van der Waals surface area contributed by atoms with E-state index in [9.17, 15) is 23.2 Å². The number of amides is 3. The predicted octanol–water partition coefficient (Wildman–Crippen LogP) is 3.80. The van der Waals surface area contributed by atoms with Crippen LogP contribution in [0.4, 0.5) is 20.2 Å². The van der Waals surface area contributed by atoms with Crippen molar-refractivity contribution in [3.8, 4) is 0 Å². The molecule has 1 fully saturated rings. The molecule has 0 bridgehead atoms. The molecule has 3 amide bonds. The minimum atomic E-state index is -0.790. The van der Waals surface area contributed by atoms with Gasteiger partial charge >= 0.3 is 0 Å². The number of nitrogens with one attached hydrogen (secondary N) is 2. The lowest BCUT2D eigenvalue weighted by molar-refractivity contribution is -0.128. The van der Waals surface area contributed by atoms with Crippen LogP contribution in [0.3, 0.4) is 0 Å². The molecule has 2 aromatic rings. The first kappa shape index (κ1) is 21.4. The molecule has 1 saturated heterocycles. The first-order valence-electron chi connectivity index (χ1n) is 9.82. The molecule has 3 rings (SSSR count). The number of carbonyl (C=O) groups is 3. The van der Waals surface area contributed by atoms with Gasteiger partial charge in [0.05, 0.1) is 5.92 Å². The van der Waals surface area contributed by atoms with Crippen LogP contribution < -0.4 is 10.6 Å². The fourth-order valence-electron chi connectivity index (χ4n) is 3.29. The smallest absolute Gasteiger partial charge is 0.255 e. The van der Waals surface area contributed by atoms with E-state index in [0.717, 1.165) is 25.0 Å². The fraction of sp³-hybridized carbons (Fsp3) is 0.318. The molecule has 6 nitrogen and oxygen atoms in total. The molecule has 1 heterocycles. The Balaban J connectivity index is 1.57. The Morgan fingerprint density at radius 3 is 2.33 bits per heavy atom.